The van der Waals surface area contributed by atoms with E-state index in [1.54, 1.807) is 23.4 Å². The van der Waals surface area contributed by atoms with Crippen LogP contribution in [0.1, 0.15) is 18.7 Å². The van der Waals surface area contributed by atoms with Crippen molar-refractivity contribution >= 4 is 5.91 Å². The van der Waals surface area contributed by atoms with Crippen molar-refractivity contribution in [2.45, 2.75) is 25.4 Å². The summed E-state index contributed by atoms with van der Waals surface area (Å²) < 4.78 is 5.14. The average Bonchev–Trinajstić information content (AvgIpc) is 3.15. The summed E-state index contributed by atoms with van der Waals surface area (Å²) in [7, 11) is 0. The molecule has 1 saturated heterocycles. The number of carbonyl (C=O) groups is 1. The van der Waals surface area contributed by atoms with Crippen LogP contribution < -0.4 is 0 Å². The maximum atomic E-state index is 12.0. The fraction of sp³-hybridized carbons (Fsp3) is 0.429. The van der Waals surface area contributed by atoms with Crippen molar-refractivity contribution in [1.29, 1.82) is 0 Å². The number of aliphatic hydroxyl groups excluding tert-OH is 1. The predicted molar refractivity (Wildman–Crippen MR) is 73.1 cm³/mol. The van der Waals surface area contributed by atoms with Crippen LogP contribution in [0.5, 0.6) is 0 Å². The van der Waals surface area contributed by atoms with E-state index >= 15 is 0 Å². The first-order chi connectivity index (χ1) is 10.2. The van der Waals surface area contributed by atoms with Gasteiger partial charge in [0.25, 0.3) is 0 Å². The molecule has 21 heavy (non-hydrogen) atoms. The average molecular weight is 288 g/mol. The molecule has 0 unspecified atom stereocenters. The van der Waals surface area contributed by atoms with Gasteiger partial charge in [-0.2, -0.15) is 4.98 Å². The molecule has 1 aliphatic heterocycles. The van der Waals surface area contributed by atoms with Gasteiger partial charge in [0, 0.05) is 43.9 Å². The van der Waals surface area contributed by atoms with Gasteiger partial charge < -0.3 is 14.5 Å². The monoisotopic (exact) mass is 288 g/mol. The lowest BCUT2D eigenvalue weighted by molar-refractivity contribution is -0.130. The van der Waals surface area contributed by atoms with Crippen molar-refractivity contribution in [2.24, 2.45) is 0 Å². The molecule has 0 bridgehead atoms. The van der Waals surface area contributed by atoms with Gasteiger partial charge in [-0.3, -0.25) is 9.78 Å². The van der Waals surface area contributed by atoms with E-state index < -0.39 is 6.10 Å². The number of carbonyl (C=O) groups excluding carboxylic acids is 1. The van der Waals surface area contributed by atoms with E-state index in [9.17, 15) is 9.90 Å². The summed E-state index contributed by atoms with van der Waals surface area (Å²) in [4.78, 5) is 21.9. The number of rotatable bonds is 4. The van der Waals surface area contributed by atoms with Crippen LogP contribution in [0.15, 0.2) is 29.0 Å². The van der Waals surface area contributed by atoms with E-state index in [1.165, 1.54) is 0 Å². The zero-order chi connectivity index (χ0) is 14.7. The van der Waals surface area contributed by atoms with Gasteiger partial charge in [0.1, 0.15) is 0 Å². The number of hydrogen-bond donors (Lipinski definition) is 1. The summed E-state index contributed by atoms with van der Waals surface area (Å²) in [5, 5.41) is 13.3. The highest BCUT2D eigenvalue weighted by Gasteiger charge is 2.24. The molecule has 3 heterocycles. The molecular formula is C14H16N4O3. The molecule has 0 spiro atoms. The van der Waals surface area contributed by atoms with Crippen LogP contribution in [0.25, 0.3) is 11.4 Å². The topological polar surface area (TPSA) is 92.3 Å². The maximum absolute atomic E-state index is 12.0. The third-order valence-corrected chi connectivity index (χ3v) is 3.46. The minimum absolute atomic E-state index is 0.00711. The Labute approximate surface area is 121 Å². The summed E-state index contributed by atoms with van der Waals surface area (Å²) in [6.07, 6.45) is 4.30. The van der Waals surface area contributed by atoms with Gasteiger partial charge in [-0.1, -0.05) is 5.16 Å². The Balaban J connectivity index is 1.57. The highest BCUT2D eigenvalue weighted by Crippen LogP contribution is 2.15. The molecule has 110 valence electrons. The van der Waals surface area contributed by atoms with Crippen LogP contribution in [0.2, 0.25) is 0 Å². The first kappa shape index (κ1) is 13.7. The van der Waals surface area contributed by atoms with Gasteiger partial charge in [-0.25, -0.2) is 0 Å². The number of β-amino-alcohol motifs (C(OH)–C–C–N with tert-alkyl or cyclic N) is 1. The maximum Gasteiger partial charge on any atom is 0.227 e. The third-order valence-electron chi connectivity index (χ3n) is 3.46. The van der Waals surface area contributed by atoms with Crippen molar-refractivity contribution in [3.63, 3.8) is 0 Å². The largest absolute Gasteiger partial charge is 0.391 e. The van der Waals surface area contributed by atoms with Gasteiger partial charge in [-0.05, 0) is 18.6 Å². The normalized spacial score (nSPS) is 18.1. The molecule has 2 aromatic heterocycles. The van der Waals surface area contributed by atoms with Crippen molar-refractivity contribution in [1.82, 2.24) is 20.0 Å². The Bertz CT molecular complexity index is 614. The number of aryl methyl sites for hydroxylation is 1. The number of amides is 1. The van der Waals surface area contributed by atoms with Gasteiger partial charge in [-0.15, -0.1) is 0 Å². The lowest BCUT2D eigenvalue weighted by Gasteiger charge is -2.14. The van der Waals surface area contributed by atoms with Crippen LogP contribution >= 0.6 is 0 Å². The standard InChI is InChI=1S/C14H16N4O3/c19-11-5-7-18(9-11)13(20)4-3-12-16-14(17-21-12)10-2-1-6-15-8-10/h1-2,6,8,11,19H,3-5,7,9H2/t11-/m1/s1. The molecule has 0 saturated carbocycles. The van der Waals surface area contributed by atoms with Crippen LogP contribution in [0.3, 0.4) is 0 Å². The number of aliphatic hydroxyl groups is 1. The smallest absolute Gasteiger partial charge is 0.227 e. The van der Waals surface area contributed by atoms with E-state index in [4.69, 9.17) is 4.52 Å². The Hall–Kier alpha value is -2.28. The van der Waals surface area contributed by atoms with Crippen LogP contribution in [-0.2, 0) is 11.2 Å². The van der Waals surface area contributed by atoms with Gasteiger partial charge in [0.05, 0.1) is 6.10 Å². The zero-order valence-corrected chi connectivity index (χ0v) is 11.5. The molecule has 1 fully saturated rings. The fourth-order valence-electron chi connectivity index (χ4n) is 2.31. The van der Waals surface area contributed by atoms with Gasteiger partial charge in [0.2, 0.25) is 17.6 Å². The Morgan fingerprint density at radius 2 is 2.43 bits per heavy atom. The predicted octanol–water partition coefficient (Wildman–Crippen LogP) is 0.657. The Morgan fingerprint density at radius 3 is 3.14 bits per heavy atom. The number of nitrogens with zero attached hydrogens (tertiary/aromatic N) is 4. The number of hydrogen-bond acceptors (Lipinski definition) is 6. The molecule has 7 nitrogen and oxygen atoms in total. The van der Waals surface area contributed by atoms with E-state index in [0.29, 0.717) is 44.1 Å². The minimum Gasteiger partial charge on any atom is -0.391 e. The summed E-state index contributed by atoms with van der Waals surface area (Å²) in [6.45, 7) is 1.04. The van der Waals surface area contributed by atoms with Crippen LogP contribution in [0, 0.1) is 0 Å². The second-order valence-electron chi connectivity index (χ2n) is 5.04. The van der Waals surface area contributed by atoms with Gasteiger partial charge >= 0.3 is 0 Å². The Morgan fingerprint density at radius 1 is 1.52 bits per heavy atom. The van der Waals surface area contributed by atoms with Crippen molar-refractivity contribution in [3.8, 4) is 11.4 Å². The summed E-state index contributed by atoms with van der Waals surface area (Å²) in [5.74, 6) is 0.914. The summed E-state index contributed by atoms with van der Waals surface area (Å²) in [5.41, 5.74) is 0.779. The van der Waals surface area contributed by atoms with Crippen LogP contribution in [-0.4, -0.2) is 50.2 Å². The minimum atomic E-state index is -0.394. The molecule has 0 radical (unpaired) electrons. The first-order valence-corrected chi connectivity index (χ1v) is 6.91. The highest BCUT2D eigenvalue weighted by atomic mass is 16.5. The molecule has 1 aliphatic rings. The zero-order valence-electron chi connectivity index (χ0n) is 11.5. The summed E-state index contributed by atoms with van der Waals surface area (Å²) in [6, 6.07) is 3.64. The number of pyridine rings is 1. The van der Waals surface area contributed by atoms with E-state index in [1.807, 2.05) is 6.07 Å². The fourth-order valence-corrected chi connectivity index (χ4v) is 2.31. The van der Waals surface area contributed by atoms with E-state index in [0.717, 1.165) is 5.56 Å². The molecular weight excluding hydrogens is 272 g/mol. The highest BCUT2D eigenvalue weighted by molar-refractivity contribution is 5.76. The lowest BCUT2D eigenvalue weighted by Crippen LogP contribution is -2.29. The second-order valence-corrected chi connectivity index (χ2v) is 5.04. The SMILES string of the molecule is O=C(CCc1nc(-c2cccnc2)no1)N1CC[C@@H](O)C1. The first-order valence-electron chi connectivity index (χ1n) is 6.91. The molecule has 1 amide bonds. The molecule has 2 aromatic rings. The van der Waals surface area contributed by atoms with Crippen molar-refractivity contribution < 1.29 is 14.4 Å². The molecule has 1 atom stereocenters. The van der Waals surface area contributed by atoms with Gasteiger partial charge in [0.15, 0.2) is 0 Å². The quantitative estimate of drug-likeness (QED) is 0.888. The molecule has 0 aromatic carbocycles. The number of aromatic nitrogens is 3. The van der Waals surface area contributed by atoms with Crippen LogP contribution in [0.4, 0.5) is 0 Å². The van der Waals surface area contributed by atoms with E-state index in [-0.39, 0.29) is 5.91 Å². The van der Waals surface area contributed by atoms with Crippen molar-refractivity contribution in [3.05, 3.63) is 30.4 Å². The van der Waals surface area contributed by atoms with E-state index in [2.05, 4.69) is 15.1 Å². The second kappa shape index (κ2) is 6.01. The Kier molecular flexibility index (Phi) is 3.92. The van der Waals surface area contributed by atoms with Crippen molar-refractivity contribution in [2.75, 3.05) is 13.1 Å². The lowest BCUT2D eigenvalue weighted by atomic mass is 10.2. The summed E-state index contributed by atoms with van der Waals surface area (Å²) >= 11 is 0. The molecule has 0 aliphatic carbocycles. The molecule has 7 heteroatoms. The third kappa shape index (κ3) is 3.25. The molecule has 1 N–H and O–H groups in total. The molecule has 3 rings (SSSR count). The number of likely N-dealkylation sites (tertiary alicyclic amines) is 1.